The number of rotatable bonds is 4. The van der Waals surface area contributed by atoms with Crippen molar-refractivity contribution in [2.24, 2.45) is 11.8 Å². The van der Waals surface area contributed by atoms with Crippen LogP contribution >= 0.6 is 0 Å². The smallest absolute Gasteiger partial charge is 0.257 e. The molecule has 4 heterocycles. The van der Waals surface area contributed by atoms with Crippen molar-refractivity contribution in [3.8, 4) is 5.69 Å². The molecule has 27 heavy (non-hydrogen) atoms. The first-order chi connectivity index (χ1) is 13.3. The minimum atomic E-state index is 0.138. The van der Waals surface area contributed by atoms with Crippen molar-refractivity contribution >= 4 is 5.91 Å². The summed E-state index contributed by atoms with van der Waals surface area (Å²) in [6, 6.07) is 10.5. The van der Waals surface area contributed by atoms with Crippen LogP contribution in [-0.4, -0.2) is 57.7 Å². The summed E-state index contributed by atoms with van der Waals surface area (Å²) in [6.45, 7) is 4.19. The molecule has 6 rings (SSSR count). The molecule has 1 amide bonds. The first kappa shape index (κ1) is 17.0. The first-order valence-electron chi connectivity index (χ1n) is 10.4. The molecule has 3 saturated heterocycles. The van der Waals surface area contributed by atoms with Gasteiger partial charge in [-0.3, -0.25) is 9.69 Å². The second-order valence-corrected chi connectivity index (χ2v) is 8.57. The van der Waals surface area contributed by atoms with Crippen LogP contribution in [0.15, 0.2) is 42.7 Å². The Morgan fingerprint density at radius 2 is 1.89 bits per heavy atom. The van der Waals surface area contributed by atoms with Gasteiger partial charge >= 0.3 is 0 Å². The second kappa shape index (κ2) is 7.12. The van der Waals surface area contributed by atoms with E-state index in [0.29, 0.717) is 17.5 Å². The van der Waals surface area contributed by atoms with Gasteiger partial charge in [-0.25, -0.2) is 4.68 Å². The van der Waals surface area contributed by atoms with Crippen LogP contribution in [-0.2, 0) is 0 Å². The molecule has 1 aliphatic carbocycles. The molecule has 1 aromatic carbocycles. The van der Waals surface area contributed by atoms with Gasteiger partial charge in [-0.1, -0.05) is 24.6 Å². The van der Waals surface area contributed by atoms with Crippen LogP contribution in [0.1, 0.15) is 42.5 Å². The van der Waals surface area contributed by atoms with Gasteiger partial charge in [-0.15, -0.1) is 0 Å². The zero-order valence-electron chi connectivity index (χ0n) is 15.8. The normalized spacial score (nSPS) is 26.0. The number of amides is 1. The average Bonchev–Trinajstić information content (AvgIpc) is 2.99. The fourth-order valence-electron chi connectivity index (χ4n) is 4.91. The Morgan fingerprint density at radius 1 is 1.04 bits per heavy atom. The van der Waals surface area contributed by atoms with Gasteiger partial charge in [0.25, 0.3) is 5.91 Å². The maximum absolute atomic E-state index is 13.2. The predicted octanol–water partition coefficient (Wildman–Crippen LogP) is 3.21. The fourth-order valence-corrected chi connectivity index (χ4v) is 4.91. The Bertz CT molecular complexity index is 798. The van der Waals surface area contributed by atoms with E-state index in [2.05, 4.69) is 14.9 Å². The molecule has 2 atom stereocenters. The van der Waals surface area contributed by atoms with Crippen LogP contribution in [0, 0.1) is 11.8 Å². The zero-order valence-corrected chi connectivity index (χ0v) is 15.8. The SMILES string of the molecule is O=C(c1cnn(-c2ccccc2)c1)N1C[C@H]2CC[C@@H](C1)N(CC1CCC1)C2. The van der Waals surface area contributed by atoms with Crippen molar-refractivity contribution in [3.05, 3.63) is 48.3 Å². The molecule has 1 saturated carbocycles. The van der Waals surface area contributed by atoms with E-state index < -0.39 is 0 Å². The molecule has 3 aliphatic heterocycles. The fraction of sp³-hybridized carbons (Fsp3) is 0.545. The monoisotopic (exact) mass is 364 g/mol. The Hall–Kier alpha value is -2.14. The third-order valence-corrected chi connectivity index (χ3v) is 6.68. The molecule has 5 heteroatoms. The third kappa shape index (κ3) is 3.41. The third-order valence-electron chi connectivity index (χ3n) is 6.68. The number of hydrogen-bond acceptors (Lipinski definition) is 3. The van der Waals surface area contributed by atoms with Crippen LogP contribution in [0.4, 0.5) is 0 Å². The van der Waals surface area contributed by atoms with Crippen molar-refractivity contribution in [1.29, 1.82) is 0 Å². The highest BCUT2D eigenvalue weighted by Crippen LogP contribution is 2.33. The van der Waals surface area contributed by atoms with Crippen molar-refractivity contribution in [2.45, 2.75) is 38.1 Å². The van der Waals surface area contributed by atoms with Gasteiger partial charge in [0, 0.05) is 38.4 Å². The van der Waals surface area contributed by atoms with Crippen molar-refractivity contribution in [1.82, 2.24) is 19.6 Å². The number of hydrogen-bond donors (Lipinski definition) is 0. The lowest BCUT2D eigenvalue weighted by molar-refractivity contribution is 0.0717. The van der Waals surface area contributed by atoms with Gasteiger partial charge in [0.15, 0.2) is 0 Å². The Balaban J connectivity index is 1.30. The summed E-state index contributed by atoms with van der Waals surface area (Å²) in [7, 11) is 0. The summed E-state index contributed by atoms with van der Waals surface area (Å²) in [6.07, 6.45) is 10.3. The molecule has 0 unspecified atom stereocenters. The summed E-state index contributed by atoms with van der Waals surface area (Å²) in [4.78, 5) is 18.0. The average molecular weight is 364 g/mol. The Labute approximate surface area is 161 Å². The molecule has 1 aromatic heterocycles. The number of carbonyl (C=O) groups excluding carboxylic acids is 1. The van der Waals surface area contributed by atoms with Crippen LogP contribution in [0.2, 0.25) is 0 Å². The molecule has 0 N–H and O–H groups in total. The molecule has 2 bridgehead atoms. The number of aromatic nitrogens is 2. The van der Waals surface area contributed by atoms with Gasteiger partial charge < -0.3 is 4.90 Å². The summed E-state index contributed by atoms with van der Waals surface area (Å²) in [5.41, 5.74) is 1.69. The van der Waals surface area contributed by atoms with Crippen molar-refractivity contribution < 1.29 is 4.79 Å². The van der Waals surface area contributed by atoms with E-state index in [9.17, 15) is 4.79 Å². The number of benzene rings is 1. The standard InChI is InChI=1S/C22H28N4O/c27-22(19-11-23-26(15-19)20-7-2-1-3-8-20)25-14-18-9-10-21(16-25)24(13-18)12-17-5-4-6-17/h1-3,7-8,11,15,17-18,21H,4-6,9-10,12-14,16H2/t18-,21-/m0/s1. The van der Waals surface area contributed by atoms with Gasteiger partial charge in [-0.2, -0.15) is 5.10 Å². The molecule has 0 radical (unpaired) electrons. The first-order valence-corrected chi connectivity index (χ1v) is 10.4. The Morgan fingerprint density at radius 3 is 2.67 bits per heavy atom. The summed E-state index contributed by atoms with van der Waals surface area (Å²) in [5, 5.41) is 4.41. The lowest BCUT2D eigenvalue weighted by atomic mass is 9.83. The highest BCUT2D eigenvalue weighted by atomic mass is 16.2. The van der Waals surface area contributed by atoms with E-state index in [0.717, 1.165) is 24.7 Å². The highest BCUT2D eigenvalue weighted by Gasteiger charge is 2.38. The quantitative estimate of drug-likeness (QED) is 0.837. The van der Waals surface area contributed by atoms with Crippen molar-refractivity contribution in [3.63, 3.8) is 0 Å². The van der Waals surface area contributed by atoms with Crippen LogP contribution < -0.4 is 0 Å². The number of piperidine rings is 1. The summed E-state index contributed by atoms with van der Waals surface area (Å²) < 4.78 is 1.79. The van der Waals surface area contributed by atoms with E-state index in [1.807, 2.05) is 36.5 Å². The van der Waals surface area contributed by atoms with E-state index in [1.54, 1.807) is 10.9 Å². The number of nitrogens with zero attached hydrogens (tertiary/aromatic N) is 4. The lowest BCUT2D eigenvalue weighted by Gasteiger charge is -2.40. The molecule has 4 aliphatic rings. The maximum Gasteiger partial charge on any atom is 0.257 e. The molecule has 4 fully saturated rings. The molecular formula is C22H28N4O. The molecule has 2 aromatic rings. The predicted molar refractivity (Wildman–Crippen MR) is 105 cm³/mol. The van der Waals surface area contributed by atoms with Crippen LogP contribution in [0.25, 0.3) is 5.69 Å². The van der Waals surface area contributed by atoms with E-state index in [1.165, 1.54) is 45.2 Å². The number of carbonyl (C=O) groups is 1. The number of para-hydroxylation sites is 1. The van der Waals surface area contributed by atoms with Gasteiger partial charge in [0.1, 0.15) is 0 Å². The van der Waals surface area contributed by atoms with E-state index >= 15 is 0 Å². The lowest BCUT2D eigenvalue weighted by Crippen LogP contribution is -2.47. The largest absolute Gasteiger partial charge is 0.337 e. The topological polar surface area (TPSA) is 41.4 Å². The second-order valence-electron chi connectivity index (χ2n) is 8.57. The molecule has 142 valence electrons. The molecule has 0 spiro atoms. The Kier molecular flexibility index (Phi) is 4.48. The molecule has 5 nitrogen and oxygen atoms in total. The van der Waals surface area contributed by atoms with E-state index in [-0.39, 0.29) is 5.91 Å². The maximum atomic E-state index is 13.2. The van der Waals surface area contributed by atoms with Gasteiger partial charge in [0.2, 0.25) is 0 Å². The van der Waals surface area contributed by atoms with E-state index in [4.69, 9.17) is 0 Å². The zero-order chi connectivity index (χ0) is 18.2. The molecular weight excluding hydrogens is 336 g/mol. The van der Waals surface area contributed by atoms with Crippen molar-refractivity contribution in [2.75, 3.05) is 26.2 Å². The highest BCUT2D eigenvalue weighted by molar-refractivity contribution is 5.94. The minimum Gasteiger partial charge on any atom is -0.337 e. The van der Waals surface area contributed by atoms with Gasteiger partial charge in [0.05, 0.1) is 17.4 Å². The van der Waals surface area contributed by atoms with Crippen LogP contribution in [0.5, 0.6) is 0 Å². The summed E-state index contributed by atoms with van der Waals surface area (Å²) >= 11 is 0. The number of fused-ring (bicyclic) bond motifs is 4. The van der Waals surface area contributed by atoms with Gasteiger partial charge in [-0.05, 0) is 49.7 Å². The minimum absolute atomic E-state index is 0.138. The van der Waals surface area contributed by atoms with Crippen LogP contribution in [0.3, 0.4) is 0 Å². The summed E-state index contributed by atoms with van der Waals surface area (Å²) in [5.74, 6) is 1.66.